The zero-order chi connectivity index (χ0) is 14.0. The van der Waals surface area contributed by atoms with Gasteiger partial charge in [0.1, 0.15) is 0 Å². The number of benzene rings is 1. The quantitative estimate of drug-likeness (QED) is 0.907. The fourth-order valence-electron chi connectivity index (χ4n) is 2.46. The van der Waals surface area contributed by atoms with Crippen LogP contribution < -0.4 is 0 Å². The average molecular weight is 282 g/mol. The second-order valence-corrected chi connectivity index (χ2v) is 5.35. The molecule has 102 valence electrons. The maximum Gasteiger partial charge on any atom is 0.306 e. The number of halogens is 1. The van der Waals surface area contributed by atoms with Gasteiger partial charge in [-0.05, 0) is 44.0 Å². The first-order chi connectivity index (χ1) is 8.99. The third-order valence-corrected chi connectivity index (χ3v) is 3.83. The lowest BCUT2D eigenvalue weighted by Gasteiger charge is -2.36. The van der Waals surface area contributed by atoms with Crippen molar-refractivity contribution in [2.45, 2.75) is 25.8 Å². The van der Waals surface area contributed by atoms with Crippen LogP contribution in [0.3, 0.4) is 0 Å². The summed E-state index contributed by atoms with van der Waals surface area (Å²) in [5.41, 5.74) is 0.588. The lowest BCUT2D eigenvalue weighted by Crippen LogP contribution is -2.46. The molecular weight excluding hydrogens is 266 g/mol. The smallest absolute Gasteiger partial charge is 0.306 e. The molecule has 0 aliphatic carbocycles. The third kappa shape index (κ3) is 3.07. The molecule has 1 saturated heterocycles. The number of carboxylic acids is 1. The summed E-state index contributed by atoms with van der Waals surface area (Å²) in [7, 11) is 0. The molecule has 1 aromatic carbocycles. The highest BCUT2D eigenvalue weighted by molar-refractivity contribution is 6.30. The Morgan fingerprint density at radius 3 is 2.47 bits per heavy atom. The van der Waals surface area contributed by atoms with Gasteiger partial charge in [-0.3, -0.25) is 9.59 Å². The van der Waals surface area contributed by atoms with E-state index >= 15 is 0 Å². The Hall–Kier alpha value is -1.55. The lowest BCUT2D eigenvalue weighted by atomic mass is 9.91. The molecule has 2 rings (SSSR count). The Kier molecular flexibility index (Phi) is 4.10. The fraction of sp³-hybridized carbons (Fsp3) is 0.429. The van der Waals surface area contributed by atoms with E-state index in [1.54, 1.807) is 29.2 Å². The number of hydrogen-bond acceptors (Lipinski definition) is 2. The molecular formula is C14H16ClNO3. The van der Waals surface area contributed by atoms with Crippen molar-refractivity contribution >= 4 is 23.5 Å². The summed E-state index contributed by atoms with van der Waals surface area (Å²) in [6.45, 7) is 2.38. The van der Waals surface area contributed by atoms with Gasteiger partial charge in [0, 0.05) is 23.2 Å². The highest BCUT2D eigenvalue weighted by Gasteiger charge is 2.32. The van der Waals surface area contributed by atoms with Crippen LogP contribution in [0.1, 0.15) is 30.1 Å². The van der Waals surface area contributed by atoms with E-state index in [1.165, 1.54) is 0 Å². The topological polar surface area (TPSA) is 57.6 Å². The number of piperidine rings is 1. The fourth-order valence-corrected chi connectivity index (χ4v) is 2.58. The van der Waals surface area contributed by atoms with Gasteiger partial charge in [0.25, 0.3) is 5.91 Å². The Morgan fingerprint density at radius 1 is 1.32 bits per heavy atom. The van der Waals surface area contributed by atoms with Crippen molar-refractivity contribution in [2.24, 2.45) is 5.92 Å². The van der Waals surface area contributed by atoms with E-state index in [0.717, 1.165) is 0 Å². The van der Waals surface area contributed by atoms with Gasteiger partial charge in [-0.15, -0.1) is 0 Å². The van der Waals surface area contributed by atoms with E-state index in [-0.39, 0.29) is 17.9 Å². The maximum absolute atomic E-state index is 12.3. The number of amides is 1. The van der Waals surface area contributed by atoms with Gasteiger partial charge in [0.05, 0.1) is 5.92 Å². The Bertz CT molecular complexity index is 486. The second kappa shape index (κ2) is 5.61. The van der Waals surface area contributed by atoms with E-state index in [0.29, 0.717) is 30.0 Å². The minimum absolute atomic E-state index is 0.0574. The summed E-state index contributed by atoms with van der Waals surface area (Å²) in [5.74, 6) is -1.18. The summed E-state index contributed by atoms with van der Waals surface area (Å²) in [6, 6.07) is 6.70. The molecule has 1 N–H and O–H groups in total. The van der Waals surface area contributed by atoms with Crippen molar-refractivity contribution in [2.75, 3.05) is 6.54 Å². The molecule has 1 amide bonds. The second-order valence-electron chi connectivity index (χ2n) is 4.91. The molecule has 1 heterocycles. The molecule has 0 bridgehead atoms. The van der Waals surface area contributed by atoms with E-state index in [1.807, 2.05) is 6.92 Å². The monoisotopic (exact) mass is 281 g/mol. The van der Waals surface area contributed by atoms with Gasteiger partial charge in [-0.2, -0.15) is 0 Å². The van der Waals surface area contributed by atoms with E-state index in [4.69, 9.17) is 16.7 Å². The van der Waals surface area contributed by atoms with E-state index in [9.17, 15) is 9.59 Å². The number of likely N-dealkylation sites (tertiary alicyclic amines) is 1. The van der Waals surface area contributed by atoms with Crippen molar-refractivity contribution in [3.8, 4) is 0 Å². The van der Waals surface area contributed by atoms with Crippen molar-refractivity contribution < 1.29 is 14.7 Å². The van der Waals surface area contributed by atoms with Crippen LogP contribution in [0.15, 0.2) is 24.3 Å². The van der Waals surface area contributed by atoms with Crippen molar-refractivity contribution in [3.63, 3.8) is 0 Å². The Balaban J connectivity index is 2.08. The van der Waals surface area contributed by atoms with E-state index < -0.39 is 5.97 Å². The molecule has 19 heavy (non-hydrogen) atoms. The predicted octanol–water partition coefficient (Wildman–Crippen LogP) is 2.67. The Labute approximate surface area is 117 Å². The van der Waals surface area contributed by atoms with Crippen molar-refractivity contribution in [1.82, 2.24) is 4.90 Å². The molecule has 0 spiro atoms. The molecule has 1 aromatic rings. The standard InChI is InChI=1S/C14H16ClNO3/c1-9-8-11(14(18)19)6-7-16(9)13(17)10-2-4-12(15)5-3-10/h2-5,9,11H,6-8H2,1H3,(H,18,19). The van der Waals surface area contributed by atoms with Crippen LogP contribution in [-0.2, 0) is 4.79 Å². The highest BCUT2D eigenvalue weighted by atomic mass is 35.5. The van der Waals surface area contributed by atoms with Crippen LogP contribution >= 0.6 is 11.6 Å². The number of rotatable bonds is 2. The average Bonchev–Trinajstić information content (AvgIpc) is 2.38. The number of carboxylic acid groups (broad SMARTS) is 1. The zero-order valence-electron chi connectivity index (χ0n) is 10.7. The summed E-state index contributed by atoms with van der Waals surface area (Å²) < 4.78 is 0. The lowest BCUT2D eigenvalue weighted by molar-refractivity contribution is -0.143. The van der Waals surface area contributed by atoms with Crippen LogP contribution in [-0.4, -0.2) is 34.5 Å². The van der Waals surface area contributed by atoms with Crippen LogP contribution in [0.2, 0.25) is 5.02 Å². The van der Waals surface area contributed by atoms with Gasteiger partial charge in [-0.1, -0.05) is 11.6 Å². The van der Waals surface area contributed by atoms with Gasteiger partial charge in [0.15, 0.2) is 0 Å². The third-order valence-electron chi connectivity index (χ3n) is 3.58. The molecule has 5 heteroatoms. The normalized spacial score (nSPS) is 23.2. The molecule has 0 aromatic heterocycles. The van der Waals surface area contributed by atoms with Crippen molar-refractivity contribution in [1.29, 1.82) is 0 Å². The van der Waals surface area contributed by atoms with Crippen LogP contribution in [0.4, 0.5) is 0 Å². The first-order valence-corrected chi connectivity index (χ1v) is 6.66. The largest absolute Gasteiger partial charge is 0.481 e. The van der Waals surface area contributed by atoms with E-state index in [2.05, 4.69) is 0 Å². The molecule has 2 atom stereocenters. The maximum atomic E-state index is 12.3. The molecule has 0 radical (unpaired) electrons. The molecule has 2 unspecified atom stereocenters. The molecule has 0 saturated carbocycles. The van der Waals surface area contributed by atoms with Gasteiger partial charge in [-0.25, -0.2) is 0 Å². The first kappa shape index (κ1) is 13.9. The first-order valence-electron chi connectivity index (χ1n) is 6.28. The number of carbonyl (C=O) groups excluding carboxylic acids is 1. The highest BCUT2D eigenvalue weighted by Crippen LogP contribution is 2.24. The predicted molar refractivity (Wildman–Crippen MR) is 72.3 cm³/mol. The van der Waals surface area contributed by atoms with Gasteiger partial charge in [0.2, 0.25) is 0 Å². The zero-order valence-corrected chi connectivity index (χ0v) is 11.4. The minimum atomic E-state index is -0.773. The minimum Gasteiger partial charge on any atom is -0.481 e. The van der Waals surface area contributed by atoms with Crippen molar-refractivity contribution in [3.05, 3.63) is 34.9 Å². The summed E-state index contributed by atoms with van der Waals surface area (Å²) >= 11 is 5.79. The number of hydrogen-bond donors (Lipinski definition) is 1. The summed E-state index contributed by atoms with van der Waals surface area (Å²) in [4.78, 5) is 25.0. The molecule has 4 nitrogen and oxygen atoms in total. The molecule has 1 aliphatic rings. The number of aliphatic carboxylic acids is 1. The summed E-state index contributed by atoms with van der Waals surface area (Å²) in [6.07, 6.45) is 1.02. The summed E-state index contributed by atoms with van der Waals surface area (Å²) in [5, 5.41) is 9.60. The molecule has 1 fully saturated rings. The number of nitrogens with zero attached hydrogens (tertiary/aromatic N) is 1. The Morgan fingerprint density at radius 2 is 1.95 bits per heavy atom. The van der Waals surface area contributed by atoms with Gasteiger partial charge >= 0.3 is 5.97 Å². The van der Waals surface area contributed by atoms with Crippen LogP contribution in [0.25, 0.3) is 0 Å². The van der Waals surface area contributed by atoms with Crippen LogP contribution in [0, 0.1) is 5.92 Å². The van der Waals surface area contributed by atoms with Gasteiger partial charge < -0.3 is 10.0 Å². The number of carbonyl (C=O) groups is 2. The SMILES string of the molecule is CC1CC(C(=O)O)CCN1C(=O)c1ccc(Cl)cc1. The van der Waals surface area contributed by atoms with Crippen LogP contribution in [0.5, 0.6) is 0 Å². The molecule has 1 aliphatic heterocycles.